The highest BCUT2D eigenvalue weighted by Crippen LogP contribution is 2.33. The zero-order valence-electron chi connectivity index (χ0n) is 19.2. The van der Waals surface area contributed by atoms with E-state index in [4.69, 9.17) is 0 Å². The van der Waals surface area contributed by atoms with E-state index in [0.717, 1.165) is 38.1 Å². The molecule has 0 atom stereocenters. The molecule has 2 aromatic carbocycles. The first-order valence-electron chi connectivity index (χ1n) is 11.5. The predicted molar refractivity (Wildman–Crippen MR) is 129 cm³/mol. The Morgan fingerprint density at radius 1 is 1.06 bits per heavy atom. The number of alkyl halides is 3. The maximum absolute atomic E-state index is 13.6. The first-order chi connectivity index (χ1) is 17.3. The molecule has 0 aliphatic carbocycles. The molecule has 0 unspecified atom stereocenters. The second-order valence-electron chi connectivity index (χ2n) is 8.63. The molecular weight excluding hydrogens is 467 g/mol. The van der Waals surface area contributed by atoms with Crippen LogP contribution in [0, 0.1) is 11.8 Å². The lowest BCUT2D eigenvalue weighted by molar-refractivity contribution is -0.137. The van der Waals surface area contributed by atoms with Crippen molar-refractivity contribution in [1.82, 2.24) is 19.5 Å². The number of aromatic nitrogens is 3. The lowest BCUT2D eigenvalue weighted by atomic mass is 10.1. The SMILES string of the molecule is O=C(Nc1cc(CN2CCCC2)cc(C(F)(F)F)c1)c1ccccc1C#Cc1cnc2ccnn2c1. The molecule has 1 aliphatic heterocycles. The van der Waals surface area contributed by atoms with Crippen LogP contribution in [0.2, 0.25) is 0 Å². The molecule has 182 valence electrons. The van der Waals surface area contributed by atoms with E-state index >= 15 is 0 Å². The number of benzene rings is 2. The molecule has 4 aromatic rings. The highest BCUT2D eigenvalue weighted by Gasteiger charge is 2.31. The van der Waals surface area contributed by atoms with Gasteiger partial charge in [0.1, 0.15) is 0 Å². The van der Waals surface area contributed by atoms with Gasteiger partial charge in [0.15, 0.2) is 5.65 Å². The number of carbonyl (C=O) groups is 1. The number of likely N-dealkylation sites (tertiary alicyclic amines) is 1. The van der Waals surface area contributed by atoms with Gasteiger partial charge in [0.25, 0.3) is 5.91 Å². The van der Waals surface area contributed by atoms with E-state index in [-0.39, 0.29) is 11.3 Å². The molecule has 3 heterocycles. The van der Waals surface area contributed by atoms with E-state index < -0.39 is 17.6 Å². The molecule has 1 saturated heterocycles. The maximum Gasteiger partial charge on any atom is 0.416 e. The van der Waals surface area contributed by atoms with Crippen molar-refractivity contribution < 1.29 is 18.0 Å². The molecule has 1 N–H and O–H groups in total. The summed E-state index contributed by atoms with van der Waals surface area (Å²) in [5, 5.41) is 6.77. The summed E-state index contributed by atoms with van der Waals surface area (Å²) in [6.45, 7) is 2.11. The third kappa shape index (κ3) is 5.39. The number of fused-ring (bicyclic) bond motifs is 1. The van der Waals surface area contributed by atoms with Crippen LogP contribution in [0.3, 0.4) is 0 Å². The van der Waals surface area contributed by atoms with Crippen LogP contribution < -0.4 is 5.32 Å². The standard InChI is InChI=1S/C27H22F3N5O/c28-27(29,30)22-13-20(17-34-11-3-4-12-34)14-23(15-22)33-26(36)24-6-2-1-5-21(24)8-7-19-16-31-25-9-10-32-35(25)18-19/h1-2,5-6,9-10,13-16,18H,3-4,11-12,17H2,(H,33,36). The lowest BCUT2D eigenvalue weighted by Crippen LogP contribution is -2.20. The average molecular weight is 490 g/mol. The fraction of sp³-hybridized carbons (Fsp3) is 0.222. The molecule has 1 aliphatic rings. The number of hydrogen-bond donors (Lipinski definition) is 1. The van der Waals surface area contributed by atoms with Crippen molar-refractivity contribution in [2.75, 3.05) is 18.4 Å². The van der Waals surface area contributed by atoms with E-state index in [1.807, 2.05) is 0 Å². The van der Waals surface area contributed by atoms with E-state index in [1.54, 1.807) is 59.5 Å². The quantitative estimate of drug-likeness (QED) is 0.410. The fourth-order valence-electron chi connectivity index (χ4n) is 4.22. The van der Waals surface area contributed by atoms with Gasteiger partial charge in [-0.05, 0) is 61.8 Å². The smallest absolute Gasteiger partial charge is 0.322 e. The van der Waals surface area contributed by atoms with Crippen LogP contribution in [0.1, 0.15) is 45.5 Å². The number of anilines is 1. The van der Waals surface area contributed by atoms with Crippen molar-refractivity contribution in [3.05, 3.63) is 94.9 Å². The van der Waals surface area contributed by atoms with Crippen LogP contribution in [0.5, 0.6) is 0 Å². The van der Waals surface area contributed by atoms with Crippen LogP contribution in [0.4, 0.5) is 18.9 Å². The third-order valence-electron chi connectivity index (χ3n) is 5.94. The largest absolute Gasteiger partial charge is 0.416 e. The number of nitrogens with zero attached hydrogens (tertiary/aromatic N) is 4. The van der Waals surface area contributed by atoms with Gasteiger partial charge in [0, 0.05) is 36.3 Å². The molecule has 6 nitrogen and oxygen atoms in total. The number of carbonyl (C=O) groups excluding carboxylic acids is 1. The minimum Gasteiger partial charge on any atom is -0.322 e. The van der Waals surface area contributed by atoms with Crippen LogP contribution >= 0.6 is 0 Å². The molecule has 1 fully saturated rings. The molecule has 0 spiro atoms. The summed E-state index contributed by atoms with van der Waals surface area (Å²) in [6, 6.07) is 12.2. The highest BCUT2D eigenvalue weighted by molar-refractivity contribution is 6.06. The molecular formula is C27H22F3N5O. The van der Waals surface area contributed by atoms with Gasteiger partial charge in [-0.15, -0.1) is 0 Å². The summed E-state index contributed by atoms with van der Waals surface area (Å²) in [5.74, 6) is 5.41. The van der Waals surface area contributed by atoms with Gasteiger partial charge in [0.05, 0.1) is 22.9 Å². The van der Waals surface area contributed by atoms with E-state index in [2.05, 4.69) is 32.1 Å². The Kier molecular flexibility index (Phi) is 6.44. The minimum atomic E-state index is -4.52. The van der Waals surface area contributed by atoms with Crippen molar-refractivity contribution in [2.45, 2.75) is 25.6 Å². The van der Waals surface area contributed by atoms with Crippen LogP contribution in [-0.4, -0.2) is 38.5 Å². The zero-order valence-corrected chi connectivity index (χ0v) is 19.2. The first-order valence-corrected chi connectivity index (χ1v) is 11.5. The Morgan fingerprint density at radius 3 is 2.67 bits per heavy atom. The number of amides is 1. The summed E-state index contributed by atoms with van der Waals surface area (Å²) in [7, 11) is 0. The highest BCUT2D eigenvalue weighted by atomic mass is 19.4. The van der Waals surface area contributed by atoms with Crippen molar-refractivity contribution in [2.24, 2.45) is 0 Å². The molecule has 36 heavy (non-hydrogen) atoms. The summed E-state index contributed by atoms with van der Waals surface area (Å²) in [5.41, 5.74) is 1.81. The van der Waals surface area contributed by atoms with Gasteiger partial charge in [-0.1, -0.05) is 24.0 Å². The number of hydrogen-bond acceptors (Lipinski definition) is 4. The second-order valence-corrected chi connectivity index (χ2v) is 8.63. The average Bonchev–Trinajstić information content (AvgIpc) is 3.54. The van der Waals surface area contributed by atoms with E-state index in [1.165, 1.54) is 0 Å². The Hall–Kier alpha value is -4.16. The molecule has 9 heteroatoms. The van der Waals surface area contributed by atoms with Crippen molar-refractivity contribution >= 4 is 17.2 Å². The van der Waals surface area contributed by atoms with Gasteiger partial charge in [-0.3, -0.25) is 9.69 Å². The number of rotatable bonds is 4. The van der Waals surface area contributed by atoms with Gasteiger partial charge in [0.2, 0.25) is 0 Å². The molecule has 2 aromatic heterocycles. The third-order valence-corrected chi connectivity index (χ3v) is 5.94. The van der Waals surface area contributed by atoms with Crippen LogP contribution in [-0.2, 0) is 12.7 Å². The van der Waals surface area contributed by atoms with Crippen LogP contribution in [0.25, 0.3) is 5.65 Å². The summed E-state index contributed by atoms with van der Waals surface area (Å²) in [6.07, 6.45) is 2.51. The first kappa shape index (κ1) is 23.6. The topological polar surface area (TPSA) is 62.5 Å². The van der Waals surface area contributed by atoms with Crippen molar-refractivity contribution in [3.63, 3.8) is 0 Å². The second kappa shape index (κ2) is 9.84. The van der Waals surface area contributed by atoms with Gasteiger partial charge < -0.3 is 5.32 Å². The molecule has 1 amide bonds. The monoisotopic (exact) mass is 489 g/mol. The normalized spacial score (nSPS) is 14.0. The van der Waals surface area contributed by atoms with Gasteiger partial charge in [-0.2, -0.15) is 18.3 Å². The van der Waals surface area contributed by atoms with Crippen molar-refractivity contribution in [3.8, 4) is 11.8 Å². The fourth-order valence-corrected chi connectivity index (χ4v) is 4.22. The van der Waals surface area contributed by atoms with Crippen molar-refractivity contribution in [1.29, 1.82) is 0 Å². The van der Waals surface area contributed by atoms with Gasteiger partial charge >= 0.3 is 6.18 Å². The minimum absolute atomic E-state index is 0.0973. The summed E-state index contributed by atoms with van der Waals surface area (Å²) < 4.78 is 42.3. The Balaban J connectivity index is 1.41. The Morgan fingerprint density at radius 2 is 1.86 bits per heavy atom. The predicted octanol–water partition coefficient (Wildman–Crippen LogP) is 5.00. The molecule has 5 rings (SSSR count). The van der Waals surface area contributed by atoms with E-state index in [0.29, 0.717) is 28.9 Å². The Bertz CT molecular complexity index is 1480. The molecule has 0 saturated carbocycles. The summed E-state index contributed by atoms with van der Waals surface area (Å²) >= 11 is 0. The van der Waals surface area contributed by atoms with E-state index in [9.17, 15) is 18.0 Å². The molecule has 0 radical (unpaired) electrons. The molecule has 0 bridgehead atoms. The number of nitrogens with one attached hydrogen (secondary N) is 1. The van der Waals surface area contributed by atoms with Gasteiger partial charge in [-0.25, -0.2) is 9.50 Å². The lowest BCUT2D eigenvalue weighted by Gasteiger charge is -2.18. The summed E-state index contributed by atoms with van der Waals surface area (Å²) in [4.78, 5) is 19.5. The Labute approximate surface area is 205 Å². The zero-order chi connectivity index (χ0) is 25.1. The van der Waals surface area contributed by atoms with Crippen LogP contribution in [0.15, 0.2) is 67.1 Å². The maximum atomic E-state index is 13.6. The number of halogens is 3.